The van der Waals surface area contributed by atoms with Crippen LogP contribution in [-0.4, -0.2) is 31.2 Å². The summed E-state index contributed by atoms with van der Waals surface area (Å²) in [5.74, 6) is 1.17. The first-order chi connectivity index (χ1) is 14.6. The lowest BCUT2D eigenvalue weighted by Gasteiger charge is -2.22. The Hall–Kier alpha value is -3.31. The third kappa shape index (κ3) is 5.61. The lowest BCUT2D eigenvalue weighted by molar-refractivity contribution is -0.128. The van der Waals surface area contributed by atoms with Crippen LogP contribution in [0.1, 0.15) is 23.6 Å². The summed E-state index contributed by atoms with van der Waals surface area (Å²) in [6.07, 6.45) is -0.0890. The zero-order valence-electron chi connectivity index (χ0n) is 17.2. The zero-order valence-corrected chi connectivity index (χ0v) is 17.2. The van der Waals surface area contributed by atoms with Gasteiger partial charge in [0, 0.05) is 5.69 Å². The first-order valence-electron chi connectivity index (χ1n) is 9.91. The average molecular weight is 405 g/mol. The zero-order chi connectivity index (χ0) is 21.3. The lowest BCUT2D eigenvalue weighted by Crippen LogP contribution is -2.31. The largest absolute Gasteiger partial charge is 0.497 e. The second kappa shape index (κ2) is 10.5. The van der Waals surface area contributed by atoms with Crippen LogP contribution in [0.3, 0.4) is 0 Å². The molecule has 0 spiro atoms. The molecule has 156 valence electrons. The highest BCUT2D eigenvalue weighted by atomic mass is 16.5. The molecule has 0 aliphatic heterocycles. The predicted octanol–water partition coefficient (Wildman–Crippen LogP) is 4.42. The number of methoxy groups -OCH3 is 2. The van der Waals surface area contributed by atoms with E-state index >= 15 is 0 Å². The number of aryl methyl sites for hydroxylation is 1. The van der Waals surface area contributed by atoms with E-state index < -0.39 is 12.1 Å². The Labute approximate surface area is 177 Å². The van der Waals surface area contributed by atoms with Crippen LogP contribution in [0.25, 0.3) is 0 Å². The number of benzene rings is 3. The van der Waals surface area contributed by atoms with Crippen molar-refractivity contribution in [1.29, 1.82) is 0 Å². The topological polar surface area (TPSA) is 67.8 Å². The number of ether oxygens (including phenoxy) is 2. The number of aliphatic hydroxyl groups is 1. The van der Waals surface area contributed by atoms with Gasteiger partial charge in [0.15, 0.2) is 5.78 Å². The molecule has 3 aromatic rings. The van der Waals surface area contributed by atoms with Gasteiger partial charge in [0.05, 0.1) is 14.2 Å². The van der Waals surface area contributed by atoms with Gasteiger partial charge in [-0.2, -0.15) is 0 Å². The SMILES string of the molecule is COc1ccc(NC(C(=O)C(O)CCc2ccccc2)c2ccc(OC)cc2)cc1. The highest BCUT2D eigenvalue weighted by Gasteiger charge is 2.27. The number of carbonyl (C=O) groups excluding carboxylic acids is 1. The maximum absolute atomic E-state index is 13.2. The summed E-state index contributed by atoms with van der Waals surface area (Å²) in [6.45, 7) is 0. The van der Waals surface area contributed by atoms with E-state index in [1.165, 1.54) is 0 Å². The number of anilines is 1. The Morgan fingerprint density at radius 2 is 1.43 bits per heavy atom. The molecule has 0 aromatic heterocycles. The number of ketones is 1. The van der Waals surface area contributed by atoms with Gasteiger partial charge in [0.25, 0.3) is 0 Å². The van der Waals surface area contributed by atoms with Crippen molar-refractivity contribution in [3.05, 3.63) is 90.0 Å². The molecule has 0 radical (unpaired) electrons. The molecule has 2 N–H and O–H groups in total. The van der Waals surface area contributed by atoms with Crippen molar-refractivity contribution in [2.45, 2.75) is 25.0 Å². The lowest BCUT2D eigenvalue weighted by atomic mass is 9.95. The van der Waals surface area contributed by atoms with Crippen LogP contribution in [0, 0.1) is 0 Å². The van der Waals surface area contributed by atoms with Gasteiger partial charge < -0.3 is 19.9 Å². The Balaban J connectivity index is 1.78. The highest BCUT2D eigenvalue weighted by molar-refractivity contribution is 5.91. The van der Waals surface area contributed by atoms with Crippen LogP contribution >= 0.6 is 0 Å². The van der Waals surface area contributed by atoms with Gasteiger partial charge in [-0.15, -0.1) is 0 Å². The molecule has 2 unspecified atom stereocenters. The second-order valence-corrected chi connectivity index (χ2v) is 7.02. The monoisotopic (exact) mass is 405 g/mol. The molecule has 5 nitrogen and oxygen atoms in total. The third-order valence-corrected chi connectivity index (χ3v) is 5.01. The van der Waals surface area contributed by atoms with E-state index in [1.54, 1.807) is 14.2 Å². The molecular weight excluding hydrogens is 378 g/mol. The molecule has 0 aliphatic rings. The minimum absolute atomic E-state index is 0.271. The summed E-state index contributed by atoms with van der Waals surface area (Å²) in [6, 6.07) is 23.8. The first kappa shape index (κ1) is 21.4. The summed E-state index contributed by atoms with van der Waals surface area (Å²) in [5.41, 5.74) is 2.61. The normalized spacial score (nSPS) is 12.6. The van der Waals surface area contributed by atoms with Crippen molar-refractivity contribution in [2.24, 2.45) is 0 Å². The van der Waals surface area contributed by atoms with Crippen LogP contribution in [0.2, 0.25) is 0 Å². The van der Waals surface area contributed by atoms with Gasteiger partial charge >= 0.3 is 0 Å². The van der Waals surface area contributed by atoms with Gasteiger partial charge in [-0.3, -0.25) is 4.79 Å². The average Bonchev–Trinajstić information content (AvgIpc) is 2.81. The van der Waals surface area contributed by atoms with E-state index in [0.717, 1.165) is 22.6 Å². The molecule has 0 saturated carbocycles. The fourth-order valence-corrected chi connectivity index (χ4v) is 3.25. The van der Waals surface area contributed by atoms with Crippen molar-refractivity contribution in [3.63, 3.8) is 0 Å². The van der Waals surface area contributed by atoms with Crippen molar-refractivity contribution in [2.75, 3.05) is 19.5 Å². The summed E-state index contributed by atoms with van der Waals surface area (Å²) < 4.78 is 10.4. The molecule has 2 atom stereocenters. The first-order valence-corrected chi connectivity index (χ1v) is 9.91. The number of hydrogen-bond donors (Lipinski definition) is 2. The standard InChI is InChI=1S/C25H27NO4/c1-29-21-13-9-19(10-14-21)24(26-20-11-15-22(30-2)16-12-20)25(28)23(27)17-8-18-6-4-3-5-7-18/h3-7,9-16,23-24,26-27H,8,17H2,1-2H3. The summed E-state index contributed by atoms with van der Waals surface area (Å²) in [4.78, 5) is 13.2. The van der Waals surface area contributed by atoms with E-state index in [2.05, 4.69) is 5.32 Å². The summed E-state index contributed by atoms with van der Waals surface area (Å²) >= 11 is 0. The Morgan fingerprint density at radius 3 is 2.00 bits per heavy atom. The molecule has 0 amide bonds. The maximum atomic E-state index is 13.2. The minimum Gasteiger partial charge on any atom is -0.497 e. The minimum atomic E-state index is -1.08. The van der Waals surface area contributed by atoms with Gasteiger partial charge in [0.1, 0.15) is 23.6 Å². The van der Waals surface area contributed by atoms with Crippen molar-refractivity contribution in [3.8, 4) is 11.5 Å². The number of aliphatic hydroxyl groups excluding tert-OH is 1. The maximum Gasteiger partial charge on any atom is 0.187 e. The van der Waals surface area contributed by atoms with Gasteiger partial charge in [-0.25, -0.2) is 0 Å². The smallest absolute Gasteiger partial charge is 0.187 e. The van der Waals surface area contributed by atoms with E-state index in [-0.39, 0.29) is 5.78 Å². The second-order valence-electron chi connectivity index (χ2n) is 7.02. The number of hydrogen-bond acceptors (Lipinski definition) is 5. The van der Waals surface area contributed by atoms with Gasteiger partial charge in [-0.05, 0) is 60.4 Å². The molecule has 0 saturated heterocycles. The number of nitrogens with one attached hydrogen (secondary N) is 1. The van der Waals surface area contributed by atoms with E-state index in [4.69, 9.17) is 9.47 Å². The molecule has 3 rings (SSSR count). The number of carbonyl (C=O) groups is 1. The molecule has 30 heavy (non-hydrogen) atoms. The number of Topliss-reactive ketones (excluding diaryl/α,β-unsaturated/α-hetero) is 1. The van der Waals surface area contributed by atoms with Gasteiger partial charge in [-0.1, -0.05) is 42.5 Å². The third-order valence-electron chi connectivity index (χ3n) is 5.01. The van der Waals surface area contributed by atoms with Gasteiger partial charge in [0.2, 0.25) is 0 Å². The molecular formula is C25H27NO4. The van der Waals surface area contributed by atoms with Crippen LogP contribution < -0.4 is 14.8 Å². The predicted molar refractivity (Wildman–Crippen MR) is 118 cm³/mol. The Morgan fingerprint density at radius 1 is 0.867 bits per heavy atom. The fraction of sp³-hybridized carbons (Fsp3) is 0.240. The quantitative estimate of drug-likeness (QED) is 0.523. The molecule has 0 heterocycles. The van der Waals surface area contributed by atoms with Crippen LogP contribution in [0.5, 0.6) is 11.5 Å². The van der Waals surface area contributed by atoms with Crippen molar-refractivity contribution >= 4 is 11.5 Å². The molecule has 0 bridgehead atoms. The molecule has 3 aromatic carbocycles. The summed E-state index contributed by atoms with van der Waals surface area (Å²) in [7, 11) is 3.20. The molecule has 5 heteroatoms. The van der Waals surface area contributed by atoms with Crippen LogP contribution in [0.4, 0.5) is 5.69 Å². The van der Waals surface area contributed by atoms with E-state index in [9.17, 15) is 9.90 Å². The Bertz CT molecular complexity index is 924. The highest BCUT2D eigenvalue weighted by Crippen LogP contribution is 2.26. The Kier molecular flexibility index (Phi) is 7.46. The van der Waals surface area contributed by atoms with Crippen LogP contribution in [-0.2, 0) is 11.2 Å². The van der Waals surface area contributed by atoms with Crippen molar-refractivity contribution in [1.82, 2.24) is 0 Å². The van der Waals surface area contributed by atoms with Crippen LogP contribution in [0.15, 0.2) is 78.9 Å². The summed E-state index contributed by atoms with van der Waals surface area (Å²) in [5, 5.41) is 13.9. The van der Waals surface area contributed by atoms with E-state index in [1.807, 2.05) is 78.9 Å². The van der Waals surface area contributed by atoms with Crippen molar-refractivity contribution < 1.29 is 19.4 Å². The fourth-order valence-electron chi connectivity index (χ4n) is 3.25. The molecule has 0 fully saturated rings. The van der Waals surface area contributed by atoms with E-state index in [0.29, 0.717) is 18.6 Å². The molecule has 0 aliphatic carbocycles. The number of rotatable bonds is 10.